The quantitative estimate of drug-likeness (QED) is 0.842. The van der Waals surface area contributed by atoms with Crippen LogP contribution in [0.2, 0.25) is 0 Å². The van der Waals surface area contributed by atoms with Crippen LogP contribution in [0, 0.1) is 5.92 Å². The van der Waals surface area contributed by atoms with Gasteiger partial charge >= 0.3 is 0 Å². The molecule has 0 aromatic rings. The lowest BCUT2D eigenvalue weighted by Gasteiger charge is -2.35. The van der Waals surface area contributed by atoms with Gasteiger partial charge in [-0.1, -0.05) is 25.7 Å². The molecule has 0 aromatic heterocycles. The van der Waals surface area contributed by atoms with Gasteiger partial charge in [0, 0.05) is 38.1 Å². The molecule has 2 fully saturated rings. The predicted molar refractivity (Wildman–Crippen MR) is 92.1 cm³/mol. The van der Waals surface area contributed by atoms with Crippen LogP contribution in [0.1, 0.15) is 59.3 Å². The number of rotatable bonds is 5. The van der Waals surface area contributed by atoms with Gasteiger partial charge in [-0.2, -0.15) is 0 Å². The standard InChI is InChI=1S/C18H33N3O2/c1-18(2,3)19-16(22)14-20-10-12-21(13-11-20)17(23)9-8-15-6-4-5-7-15/h15H,4-14H2,1-3H3,(H,19,22). The first-order valence-electron chi connectivity index (χ1n) is 9.14. The third kappa shape index (κ3) is 6.50. The lowest BCUT2D eigenvalue weighted by atomic mass is 10.0. The molecule has 0 bridgehead atoms. The fourth-order valence-corrected chi connectivity index (χ4v) is 3.60. The zero-order valence-corrected chi connectivity index (χ0v) is 15.1. The molecule has 2 amide bonds. The van der Waals surface area contributed by atoms with Crippen LogP contribution in [0.15, 0.2) is 0 Å². The molecule has 0 unspecified atom stereocenters. The summed E-state index contributed by atoms with van der Waals surface area (Å²) in [5, 5.41) is 2.99. The second kappa shape index (κ2) is 8.13. The van der Waals surface area contributed by atoms with E-state index in [0.717, 1.165) is 38.5 Å². The minimum Gasteiger partial charge on any atom is -0.350 e. The molecule has 1 N–H and O–H groups in total. The second-order valence-corrected chi connectivity index (χ2v) is 8.14. The lowest BCUT2D eigenvalue weighted by Crippen LogP contribution is -2.52. The molecule has 132 valence electrons. The summed E-state index contributed by atoms with van der Waals surface area (Å²) in [5.41, 5.74) is -0.185. The molecule has 23 heavy (non-hydrogen) atoms. The van der Waals surface area contributed by atoms with Gasteiger partial charge in [0.2, 0.25) is 11.8 Å². The number of carbonyl (C=O) groups excluding carboxylic acids is 2. The number of hydrogen-bond donors (Lipinski definition) is 1. The van der Waals surface area contributed by atoms with Crippen LogP contribution in [0.5, 0.6) is 0 Å². The Bertz CT molecular complexity index is 403. The summed E-state index contributed by atoms with van der Waals surface area (Å²) in [4.78, 5) is 28.4. The van der Waals surface area contributed by atoms with Crippen molar-refractivity contribution in [3.05, 3.63) is 0 Å². The van der Waals surface area contributed by atoms with Gasteiger partial charge in [0.05, 0.1) is 6.54 Å². The van der Waals surface area contributed by atoms with Gasteiger partial charge < -0.3 is 10.2 Å². The molecule has 5 heteroatoms. The van der Waals surface area contributed by atoms with E-state index in [1.54, 1.807) is 0 Å². The number of carbonyl (C=O) groups is 2. The van der Waals surface area contributed by atoms with Crippen LogP contribution in [-0.2, 0) is 9.59 Å². The number of hydrogen-bond acceptors (Lipinski definition) is 3. The largest absolute Gasteiger partial charge is 0.350 e. The third-order valence-electron chi connectivity index (χ3n) is 4.85. The topological polar surface area (TPSA) is 52.7 Å². The van der Waals surface area contributed by atoms with Gasteiger partial charge in [-0.15, -0.1) is 0 Å². The van der Waals surface area contributed by atoms with Crippen molar-refractivity contribution in [2.24, 2.45) is 5.92 Å². The fourth-order valence-electron chi connectivity index (χ4n) is 3.60. The molecule has 2 rings (SSSR count). The third-order valence-corrected chi connectivity index (χ3v) is 4.85. The van der Waals surface area contributed by atoms with E-state index in [-0.39, 0.29) is 11.4 Å². The summed E-state index contributed by atoms with van der Waals surface area (Å²) in [6, 6.07) is 0. The van der Waals surface area contributed by atoms with Crippen LogP contribution >= 0.6 is 0 Å². The zero-order valence-electron chi connectivity index (χ0n) is 15.1. The molecule has 1 aliphatic heterocycles. The van der Waals surface area contributed by atoms with Crippen LogP contribution in [0.4, 0.5) is 0 Å². The smallest absolute Gasteiger partial charge is 0.234 e. The molecule has 1 heterocycles. The molecule has 0 aromatic carbocycles. The average molecular weight is 323 g/mol. The highest BCUT2D eigenvalue weighted by Crippen LogP contribution is 2.28. The van der Waals surface area contributed by atoms with E-state index in [9.17, 15) is 9.59 Å². The van der Waals surface area contributed by atoms with Crippen molar-refractivity contribution in [1.82, 2.24) is 15.1 Å². The van der Waals surface area contributed by atoms with E-state index in [1.807, 2.05) is 25.7 Å². The predicted octanol–water partition coefficient (Wildman–Crippen LogP) is 2.02. The first-order chi connectivity index (χ1) is 10.8. The van der Waals surface area contributed by atoms with Gasteiger partial charge in [-0.05, 0) is 33.1 Å². The molecule has 0 radical (unpaired) electrons. The Morgan fingerprint density at radius 2 is 1.65 bits per heavy atom. The van der Waals surface area contributed by atoms with E-state index < -0.39 is 0 Å². The number of nitrogens with one attached hydrogen (secondary N) is 1. The molecule has 2 aliphatic rings. The summed E-state index contributed by atoms with van der Waals surface area (Å²) < 4.78 is 0. The normalized spacial score (nSPS) is 20.7. The average Bonchev–Trinajstić information content (AvgIpc) is 2.96. The summed E-state index contributed by atoms with van der Waals surface area (Å²) in [5.74, 6) is 1.15. The van der Waals surface area contributed by atoms with Crippen molar-refractivity contribution in [3.8, 4) is 0 Å². The van der Waals surface area contributed by atoms with E-state index >= 15 is 0 Å². The molecule has 5 nitrogen and oxygen atoms in total. The number of piperazine rings is 1. The SMILES string of the molecule is CC(C)(C)NC(=O)CN1CCN(C(=O)CCC2CCCC2)CC1. The molecule has 0 spiro atoms. The van der Waals surface area contributed by atoms with Gasteiger partial charge in [0.15, 0.2) is 0 Å². The van der Waals surface area contributed by atoms with Crippen LogP contribution < -0.4 is 5.32 Å². The highest BCUT2D eigenvalue weighted by atomic mass is 16.2. The van der Waals surface area contributed by atoms with Crippen LogP contribution in [0.25, 0.3) is 0 Å². The minimum absolute atomic E-state index is 0.0681. The van der Waals surface area contributed by atoms with Crippen LogP contribution in [0.3, 0.4) is 0 Å². The highest BCUT2D eigenvalue weighted by Gasteiger charge is 2.24. The first kappa shape index (κ1) is 18.2. The number of amides is 2. The second-order valence-electron chi connectivity index (χ2n) is 8.14. The van der Waals surface area contributed by atoms with Gasteiger partial charge in [0.25, 0.3) is 0 Å². The number of nitrogens with zero attached hydrogens (tertiary/aromatic N) is 2. The van der Waals surface area contributed by atoms with Crippen LogP contribution in [-0.4, -0.2) is 59.9 Å². The van der Waals surface area contributed by atoms with Crippen molar-refractivity contribution in [1.29, 1.82) is 0 Å². The first-order valence-corrected chi connectivity index (χ1v) is 9.14. The van der Waals surface area contributed by atoms with Gasteiger partial charge in [0.1, 0.15) is 0 Å². The monoisotopic (exact) mass is 323 g/mol. The minimum atomic E-state index is -0.185. The van der Waals surface area contributed by atoms with Crippen molar-refractivity contribution < 1.29 is 9.59 Å². The Morgan fingerprint density at radius 3 is 2.22 bits per heavy atom. The van der Waals surface area contributed by atoms with E-state index in [2.05, 4.69) is 10.2 Å². The maximum absolute atomic E-state index is 12.3. The molecular formula is C18H33N3O2. The summed E-state index contributed by atoms with van der Waals surface area (Å²) in [6.07, 6.45) is 7.07. The highest BCUT2D eigenvalue weighted by molar-refractivity contribution is 5.79. The van der Waals surface area contributed by atoms with E-state index in [0.29, 0.717) is 18.9 Å². The van der Waals surface area contributed by atoms with Crippen molar-refractivity contribution in [2.45, 2.75) is 64.8 Å². The Balaban J connectivity index is 1.64. The van der Waals surface area contributed by atoms with Crippen molar-refractivity contribution in [2.75, 3.05) is 32.7 Å². The molecular weight excluding hydrogens is 290 g/mol. The fraction of sp³-hybridized carbons (Fsp3) is 0.889. The van der Waals surface area contributed by atoms with Gasteiger partial charge in [-0.25, -0.2) is 0 Å². The Hall–Kier alpha value is -1.10. The Kier molecular flexibility index (Phi) is 6.45. The summed E-state index contributed by atoms with van der Waals surface area (Å²) in [7, 11) is 0. The van der Waals surface area contributed by atoms with Crippen molar-refractivity contribution >= 4 is 11.8 Å². The summed E-state index contributed by atoms with van der Waals surface area (Å²) in [6.45, 7) is 9.52. The molecule has 1 saturated heterocycles. The molecule has 1 aliphatic carbocycles. The van der Waals surface area contributed by atoms with Crippen molar-refractivity contribution in [3.63, 3.8) is 0 Å². The maximum atomic E-state index is 12.3. The molecule has 0 atom stereocenters. The summed E-state index contributed by atoms with van der Waals surface area (Å²) >= 11 is 0. The lowest BCUT2D eigenvalue weighted by molar-refractivity contribution is -0.133. The Labute approximate surface area is 140 Å². The van der Waals surface area contributed by atoms with Gasteiger partial charge in [-0.3, -0.25) is 14.5 Å². The molecule has 1 saturated carbocycles. The van der Waals surface area contributed by atoms with E-state index in [4.69, 9.17) is 0 Å². The zero-order chi connectivity index (χ0) is 16.9. The maximum Gasteiger partial charge on any atom is 0.234 e. The van der Waals surface area contributed by atoms with E-state index in [1.165, 1.54) is 25.7 Å². The Morgan fingerprint density at radius 1 is 1.04 bits per heavy atom.